The number of ether oxygens (including phenoxy) is 1. The molecule has 0 saturated heterocycles. The van der Waals surface area contributed by atoms with E-state index in [0.29, 0.717) is 19.2 Å². The van der Waals surface area contributed by atoms with Crippen LogP contribution in [0.2, 0.25) is 25.7 Å². The second-order valence-electron chi connectivity index (χ2n) is 10.5. The van der Waals surface area contributed by atoms with Gasteiger partial charge >= 0.3 is 0 Å². The van der Waals surface area contributed by atoms with Crippen LogP contribution in [0, 0.1) is 5.92 Å². The van der Waals surface area contributed by atoms with Gasteiger partial charge in [0.25, 0.3) is 0 Å². The fourth-order valence-electron chi connectivity index (χ4n) is 3.90. The number of hydrogen-bond donors (Lipinski definition) is 2. The van der Waals surface area contributed by atoms with Crippen LogP contribution in [0.5, 0.6) is 0 Å². The lowest BCUT2D eigenvalue weighted by atomic mass is 10.0. The molecule has 1 aromatic carbocycles. The zero-order valence-electron chi connectivity index (χ0n) is 22.1. The summed E-state index contributed by atoms with van der Waals surface area (Å²) < 4.78 is 8.23. The summed E-state index contributed by atoms with van der Waals surface area (Å²) >= 11 is 1.55. The fourth-order valence-corrected chi connectivity index (χ4v) is 5.20. The summed E-state index contributed by atoms with van der Waals surface area (Å²) in [6.07, 6.45) is 5.58. The number of aromatic nitrogens is 3. The summed E-state index contributed by atoms with van der Waals surface area (Å²) in [5, 5.41) is 6.63. The molecule has 0 spiro atoms. The Kier molecular flexibility index (Phi) is 8.51. The highest BCUT2D eigenvalue weighted by atomic mass is 32.2. The molecule has 8 nitrogen and oxygen atoms in total. The lowest BCUT2D eigenvalue weighted by molar-refractivity contribution is -0.117. The van der Waals surface area contributed by atoms with Crippen LogP contribution >= 0.6 is 11.8 Å². The van der Waals surface area contributed by atoms with Crippen molar-refractivity contribution < 1.29 is 14.3 Å². The van der Waals surface area contributed by atoms with E-state index in [2.05, 4.69) is 39.8 Å². The van der Waals surface area contributed by atoms with Gasteiger partial charge < -0.3 is 15.4 Å². The first-order chi connectivity index (χ1) is 17.6. The monoisotopic (exact) mass is 537 g/mol. The average Bonchev–Trinajstić information content (AvgIpc) is 3.62. The van der Waals surface area contributed by atoms with Crippen LogP contribution in [0.25, 0.3) is 22.5 Å². The third kappa shape index (κ3) is 7.30. The van der Waals surface area contributed by atoms with E-state index in [1.165, 1.54) is 6.92 Å². The number of thioether (sulfide) groups is 1. The summed E-state index contributed by atoms with van der Waals surface area (Å²) in [5.41, 5.74) is 4.15. The third-order valence-corrected chi connectivity index (χ3v) is 8.40. The van der Waals surface area contributed by atoms with Crippen LogP contribution in [0.1, 0.15) is 19.8 Å². The van der Waals surface area contributed by atoms with Crippen molar-refractivity contribution in [1.29, 1.82) is 0 Å². The Morgan fingerprint density at radius 3 is 2.59 bits per heavy atom. The maximum Gasteiger partial charge on any atom is 0.227 e. The Labute approximate surface area is 223 Å². The van der Waals surface area contributed by atoms with Crippen molar-refractivity contribution in [3.05, 3.63) is 42.6 Å². The predicted octanol–water partition coefficient (Wildman–Crippen LogP) is 5.95. The van der Waals surface area contributed by atoms with Gasteiger partial charge in [-0.15, -0.1) is 0 Å². The smallest absolute Gasteiger partial charge is 0.227 e. The normalized spacial score (nSPS) is 13.4. The molecular weight excluding hydrogens is 502 g/mol. The third-order valence-electron chi connectivity index (χ3n) is 6.02. The van der Waals surface area contributed by atoms with E-state index in [4.69, 9.17) is 9.72 Å². The Morgan fingerprint density at radius 1 is 1.14 bits per heavy atom. The van der Waals surface area contributed by atoms with Crippen LogP contribution in [-0.4, -0.2) is 47.3 Å². The molecule has 1 fully saturated rings. The molecule has 0 radical (unpaired) electrons. The van der Waals surface area contributed by atoms with Crippen LogP contribution in [-0.2, 0) is 21.1 Å². The standard InChI is InChI=1S/C27H35N5O3SSi/c1-18(33)29-23-16-21(11-12-28-23)25-24(20-7-6-8-22(15-20)30-26(34)19-9-10-19)31-27(36-2)32(25)17-35-13-14-37(3,4)5/h6-8,11-12,15-16,19H,9-10,13-14,17H2,1-5H3,(H,30,34)(H,28,29,33). The van der Waals surface area contributed by atoms with Crippen molar-refractivity contribution in [1.82, 2.24) is 14.5 Å². The maximum atomic E-state index is 12.4. The summed E-state index contributed by atoms with van der Waals surface area (Å²) in [5.74, 6) is 0.480. The van der Waals surface area contributed by atoms with Gasteiger partial charge in [-0.25, -0.2) is 9.97 Å². The van der Waals surface area contributed by atoms with E-state index in [9.17, 15) is 9.59 Å². The van der Waals surface area contributed by atoms with Gasteiger partial charge in [0, 0.05) is 50.5 Å². The minimum absolute atomic E-state index is 0.0672. The van der Waals surface area contributed by atoms with E-state index in [0.717, 1.165) is 52.2 Å². The first kappa shape index (κ1) is 27.1. The predicted molar refractivity (Wildman–Crippen MR) is 152 cm³/mol. The van der Waals surface area contributed by atoms with Crippen LogP contribution < -0.4 is 10.6 Å². The van der Waals surface area contributed by atoms with Crippen LogP contribution in [0.4, 0.5) is 11.5 Å². The molecule has 0 unspecified atom stereocenters. The van der Waals surface area contributed by atoms with Crippen molar-refractivity contribution >= 4 is 43.2 Å². The zero-order valence-corrected chi connectivity index (χ0v) is 23.9. The molecule has 2 heterocycles. The topological polar surface area (TPSA) is 98.1 Å². The van der Waals surface area contributed by atoms with Crippen molar-refractivity contribution in [2.45, 2.75) is 57.3 Å². The number of pyridine rings is 1. The molecule has 0 atom stereocenters. The summed E-state index contributed by atoms with van der Waals surface area (Å²) in [6.45, 7) is 9.51. The largest absolute Gasteiger partial charge is 0.361 e. The summed E-state index contributed by atoms with van der Waals surface area (Å²) in [4.78, 5) is 33.3. The summed E-state index contributed by atoms with van der Waals surface area (Å²) in [6, 6.07) is 12.6. The van der Waals surface area contributed by atoms with Gasteiger partial charge in [-0.1, -0.05) is 43.5 Å². The van der Waals surface area contributed by atoms with Crippen molar-refractivity contribution in [3.8, 4) is 22.5 Å². The molecule has 196 valence electrons. The zero-order chi connectivity index (χ0) is 26.6. The lowest BCUT2D eigenvalue weighted by Crippen LogP contribution is -2.22. The second kappa shape index (κ2) is 11.6. The molecule has 1 aliphatic rings. The lowest BCUT2D eigenvalue weighted by Gasteiger charge is -2.17. The van der Waals surface area contributed by atoms with Gasteiger partial charge in [0.15, 0.2) is 5.16 Å². The van der Waals surface area contributed by atoms with Crippen molar-refractivity contribution in [2.75, 3.05) is 23.5 Å². The molecule has 0 bridgehead atoms. The molecule has 1 aliphatic carbocycles. The van der Waals surface area contributed by atoms with E-state index in [1.54, 1.807) is 18.0 Å². The van der Waals surface area contributed by atoms with Gasteiger partial charge in [-0.2, -0.15) is 0 Å². The minimum Gasteiger partial charge on any atom is -0.361 e. The van der Waals surface area contributed by atoms with Gasteiger partial charge in [-0.3, -0.25) is 14.2 Å². The molecule has 1 saturated carbocycles. The van der Waals surface area contributed by atoms with Gasteiger partial charge in [0.05, 0.1) is 11.4 Å². The molecule has 2 aromatic heterocycles. The molecule has 0 aliphatic heterocycles. The van der Waals surface area contributed by atoms with E-state index >= 15 is 0 Å². The number of imidazole rings is 1. The first-order valence-corrected chi connectivity index (χ1v) is 17.5. The molecular formula is C27H35N5O3SSi. The first-order valence-electron chi connectivity index (χ1n) is 12.5. The molecule has 3 aromatic rings. The second-order valence-corrected chi connectivity index (χ2v) is 16.9. The molecule has 10 heteroatoms. The van der Waals surface area contributed by atoms with Gasteiger partial charge in [0.1, 0.15) is 12.5 Å². The fraction of sp³-hybridized carbons (Fsp3) is 0.407. The number of benzene rings is 1. The summed E-state index contributed by atoms with van der Waals surface area (Å²) in [7, 11) is -1.23. The highest BCUT2D eigenvalue weighted by Gasteiger charge is 2.29. The van der Waals surface area contributed by atoms with Crippen molar-refractivity contribution in [2.24, 2.45) is 5.92 Å². The van der Waals surface area contributed by atoms with Crippen molar-refractivity contribution in [3.63, 3.8) is 0 Å². The number of carbonyl (C=O) groups is 2. The Hall–Kier alpha value is -2.95. The Bertz CT molecular complexity index is 1280. The number of hydrogen-bond acceptors (Lipinski definition) is 6. The number of anilines is 2. The number of nitrogens with one attached hydrogen (secondary N) is 2. The quantitative estimate of drug-likeness (QED) is 0.178. The molecule has 4 rings (SSSR count). The highest BCUT2D eigenvalue weighted by molar-refractivity contribution is 7.98. The SMILES string of the molecule is CSc1nc(-c2cccc(NC(=O)C3CC3)c2)c(-c2ccnc(NC(C)=O)c2)n1COCC[Si](C)(C)C. The average molecular weight is 538 g/mol. The molecule has 2 N–H and O–H groups in total. The maximum absolute atomic E-state index is 12.4. The number of nitrogens with zero attached hydrogens (tertiary/aromatic N) is 3. The molecule has 37 heavy (non-hydrogen) atoms. The number of amides is 2. The van der Waals surface area contributed by atoms with Crippen LogP contribution in [0.15, 0.2) is 47.8 Å². The van der Waals surface area contributed by atoms with Gasteiger partial charge in [0.2, 0.25) is 11.8 Å². The van der Waals surface area contributed by atoms with E-state index in [1.807, 2.05) is 42.7 Å². The Morgan fingerprint density at radius 2 is 1.92 bits per heavy atom. The highest BCUT2D eigenvalue weighted by Crippen LogP contribution is 2.37. The number of rotatable bonds is 11. The van der Waals surface area contributed by atoms with Crippen LogP contribution in [0.3, 0.4) is 0 Å². The van der Waals surface area contributed by atoms with E-state index in [-0.39, 0.29) is 17.7 Å². The van der Waals surface area contributed by atoms with Gasteiger partial charge in [-0.05, 0) is 49.4 Å². The Balaban J connectivity index is 1.75. The molecule has 2 amide bonds. The number of carbonyl (C=O) groups excluding carboxylic acids is 2. The minimum atomic E-state index is -1.23. The van der Waals surface area contributed by atoms with E-state index < -0.39 is 8.07 Å².